The fraction of sp³-hybridized carbons (Fsp3) is 1.00. The highest BCUT2D eigenvalue weighted by molar-refractivity contribution is 5.13. The van der Waals surface area contributed by atoms with E-state index >= 15 is 0 Å². The summed E-state index contributed by atoms with van der Waals surface area (Å²) >= 11 is 0. The van der Waals surface area contributed by atoms with Crippen LogP contribution in [0.25, 0.3) is 0 Å². The molecule has 67 heavy (non-hydrogen) atoms. The first kappa shape index (κ1) is 45.5. The molecule has 0 spiro atoms. The Bertz CT molecular complexity index is 1590. The van der Waals surface area contributed by atoms with Crippen LogP contribution in [0.1, 0.15) is 263 Å². The van der Waals surface area contributed by atoms with Crippen LogP contribution in [0.3, 0.4) is 0 Å². The largest absolute Gasteiger partial charge is 0.294 e. The third kappa shape index (κ3) is 7.96. The average Bonchev–Trinajstić information content (AvgIpc) is 3.73. The van der Waals surface area contributed by atoms with E-state index < -0.39 is 0 Å². The minimum atomic E-state index is 0.950. The van der Waals surface area contributed by atoms with Gasteiger partial charge in [0, 0.05) is 36.3 Å². The van der Waals surface area contributed by atoms with Gasteiger partial charge in [0.1, 0.15) is 0 Å². The van der Waals surface area contributed by atoms with Gasteiger partial charge in [0.15, 0.2) is 0 Å². The molecule has 0 N–H and O–H groups in total. The standard InChI is InChI=1S/C65H106N2/c1-3-20-46(21-4-1)66-58-33-17-7-19-42(58)39-45-40-43(35-37-59(45)66)62-49-25-8-12-29-53(49)64(54-30-13-9-26-50(54)62)65-55-31-14-10-27-51(55)63(52-28-11-15-32-56(52)65)44-36-38-61-57(41-44)48-24-16-18-34-60(48)67(61)47-22-5-2-6-23-47/h42-65H,1-41H2. The third-order valence-corrected chi connectivity index (χ3v) is 27.2. The van der Waals surface area contributed by atoms with Crippen LogP contribution in [0.4, 0.5) is 0 Å². The highest BCUT2D eigenvalue weighted by Gasteiger charge is 2.63. The quantitative estimate of drug-likeness (QED) is 0.271. The molecule has 18 atom stereocenters. The van der Waals surface area contributed by atoms with Crippen molar-refractivity contribution in [2.24, 2.45) is 107 Å². The highest BCUT2D eigenvalue weighted by Crippen LogP contribution is 2.69. The van der Waals surface area contributed by atoms with E-state index in [4.69, 9.17) is 0 Å². The summed E-state index contributed by atoms with van der Waals surface area (Å²) in [6, 6.07) is 5.79. The summed E-state index contributed by atoms with van der Waals surface area (Å²) in [5, 5.41) is 0. The second-order valence-corrected chi connectivity index (χ2v) is 29.3. The first-order valence-corrected chi connectivity index (χ1v) is 32.8. The molecule has 0 bridgehead atoms. The van der Waals surface area contributed by atoms with E-state index in [1.165, 1.54) is 51.4 Å². The molecule has 0 aromatic heterocycles. The van der Waals surface area contributed by atoms with Gasteiger partial charge in [-0.25, -0.2) is 0 Å². The van der Waals surface area contributed by atoms with Crippen LogP contribution in [-0.2, 0) is 0 Å². The summed E-state index contributed by atoms with van der Waals surface area (Å²) in [7, 11) is 0. The van der Waals surface area contributed by atoms with Crippen molar-refractivity contribution in [3.05, 3.63) is 0 Å². The van der Waals surface area contributed by atoms with E-state index in [1.807, 2.05) is 0 Å². The van der Waals surface area contributed by atoms with Crippen molar-refractivity contribution in [2.45, 2.75) is 300 Å². The van der Waals surface area contributed by atoms with E-state index in [0.29, 0.717) is 0 Å². The van der Waals surface area contributed by atoms with Gasteiger partial charge in [-0.05, 0) is 254 Å². The lowest BCUT2D eigenvalue weighted by Crippen LogP contribution is -2.62. The molecule has 14 aliphatic rings. The Labute approximate surface area is 414 Å². The van der Waals surface area contributed by atoms with E-state index in [9.17, 15) is 0 Å². The predicted molar refractivity (Wildman–Crippen MR) is 279 cm³/mol. The first-order chi connectivity index (χ1) is 33.3. The molecule has 12 saturated carbocycles. The van der Waals surface area contributed by atoms with Crippen molar-refractivity contribution in [3.63, 3.8) is 0 Å². The second-order valence-electron chi connectivity index (χ2n) is 29.3. The van der Waals surface area contributed by atoms with Crippen LogP contribution in [-0.4, -0.2) is 46.1 Å². The smallest absolute Gasteiger partial charge is 0.0133 e. The summed E-state index contributed by atoms with van der Waals surface area (Å²) < 4.78 is 0. The maximum absolute atomic E-state index is 3.37. The Balaban J connectivity index is 0.752. The maximum atomic E-state index is 3.37. The van der Waals surface area contributed by atoms with Crippen molar-refractivity contribution < 1.29 is 0 Å². The van der Waals surface area contributed by atoms with Crippen molar-refractivity contribution >= 4 is 0 Å². The van der Waals surface area contributed by atoms with Crippen molar-refractivity contribution in [1.29, 1.82) is 0 Å². The van der Waals surface area contributed by atoms with Gasteiger partial charge in [0.25, 0.3) is 0 Å². The Kier molecular flexibility index (Phi) is 13.3. The zero-order valence-corrected chi connectivity index (χ0v) is 43.7. The molecule has 14 fully saturated rings. The molecule has 2 aliphatic heterocycles. The van der Waals surface area contributed by atoms with E-state index in [0.717, 1.165) is 143 Å². The van der Waals surface area contributed by atoms with Crippen LogP contribution < -0.4 is 0 Å². The molecule has 12 aliphatic carbocycles. The molecule has 18 unspecified atom stereocenters. The van der Waals surface area contributed by atoms with E-state index in [1.54, 1.807) is 212 Å². The number of hydrogen-bond donors (Lipinski definition) is 0. The number of fused-ring (bicyclic) bond motifs is 9. The van der Waals surface area contributed by atoms with Crippen LogP contribution in [0.5, 0.6) is 0 Å². The molecule has 2 saturated heterocycles. The van der Waals surface area contributed by atoms with Gasteiger partial charge in [0.2, 0.25) is 0 Å². The fourth-order valence-corrected chi connectivity index (χ4v) is 25.7. The average molecular weight is 916 g/mol. The molecule has 0 aromatic carbocycles. The van der Waals surface area contributed by atoms with Gasteiger partial charge in [-0.2, -0.15) is 0 Å². The third-order valence-electron chi connectivity index (χ3n) is 27.2. The molecule has 376 valence electrons. The molecule has 14 rings (SSSR count). The molecular formula is C65H106N2. The van der Waals surface area contributed by atoms with Gasteiger partial charge in [-0.15, -0.1) is 0 Å². The topological polar surface area (TPSA) is 6.48 Å². The molecular weight excluding hydrogens is 809 g/mol. The molecule has 2 heteroatoms. The number of rotatable bonds is 5. The predicted octanol–water partition coefficient (Wildman–Crippen LogP) is 17.1. The Morgan fingerprint density at radius 3 is 1.01 bits per heavy atom. The monoisotopic (exact) mass is 915 g/mol. The normalized spacial score (nSPS) is 53.4. The zero-order chi connectivity index (χ0) is 44.0. The highest BCUT2D eigenvalue weighted by atomic mass is 15.3. The molecule has 0 amide bonds. The van der Waals surface area contributed by atoms with Crippen molar-refractivity contribution in [1.82, 2.24) is 9.80 Å². The van der Waals surface area contributed by atoms with Gasteiger partial charge in [-0.3, -0.25) is 9.80 Å². The Morgan fingerprint density at radius 2 is 0.507 bits per heavy atom. The SMILES string of the molecule is C1CCC(N2C3CCCCC3CC3CC(C4C5CCCCC5C(C5C6CCCCC6C(C6CCC7C(C6)C6CCCCC6N7C6CCCCC6)C6CCCCC65)C5CCCCC54)CCC32)CC1. The first-order valence-electron chi connectivity index (χ1n) is 32.8. The lowest BCUT2D eigenvalue weighted by atomic mass is 9.39. The number of nitrogens with zero attached hydrogens (tertiary/aromatic N) is 2. The Hall–Kier alpha value is -0.0800. The zero-order valence-electron chi connectivity index (χ0n) is 43.7. The lowest BCUT2D eigenvalue weighted by molar-refractivity contribution is -0.178. The minimum Gasteiger partial charge on any atom is -0.294 e. The fourth-order valence-electron chi connectivity index (χ4n) is 25.7. The van der Waals surface area contributed by atoms with Gasteiger partial charge in [-0.1, -0.05) is 116 Å². The molecule has 2 nitrogen and oxygen atoms in total. The number of likely N-dealkylation sites (tertiary alicyclic amines) is 2. The lowest BCUT2D eigenvalue weighted by Gasteiger charge is -2.66. The van der Waals surface area contributed by atoms with Crippen LogP contribution >= 0.6 is 0 Å². The van der Waals surface area contributed by atoms with Crippen molar-refractivity contribution in [2.75, 3.05) is 0 Å². The van der Waals surface area contributed by atoms with Crippen LogP contribution in [0, 0.1) is 107 Å². The van der Waals surface area contributed by atoms with E-state index in [2.05, 4.69) is 9.80 Å². The molecule has 0 radical (unpaired) electrons. The summed E-state index contributed by atoms with van der Waals surface area (Å²) in [5.74, 6) is 19.7. The summed E-state index contributed by atoms with van der Waals surface area (Å²) in [6.07, 6.45) is 65.3. The van der Waals surface area contributed by atoms with Crippen molar-refractivity contribution in [3.8, 4) is 0 Å². The summed E-state index contributed by atoms with van der Waals surface area (Å²) in [4.78, 5) is 6.71. The van der Waals surface area contributed by atoms with Gasteiger partial charge < -0.3 is 0 Å². The van der Waals surface area contributed by atoms with Gasteiger partial charge >= 0.3 is 0 Å². The van der Waals surface area contributed by atoms with Crippen LogP contribution in [0.15, 0.2) is 0 Å². The second kappa shape index (κ2) is 19.6. The molecule has 2 heterocycles. The maximum Gasteiger partial charge on any atom is 0.0133 e. The van der Waals surface area contributed by atoms with Gasteiger partial charge in [0.05, 0.1) is 0 Å². The minimum absolute atomic E-state index is 0.950. The van der Waals surface area contributed by atoms with Crippen LogP contribution in [0.2, 0.25) is 0 Å². The number of piperidine rings is 1. The van der Waals surface area contributed by atoms with E-state index in [-0.39, 0.29) is 0 Å². The number of hydrogen-bond acceptors (Lipinski definition) is 2. The summed E-state index contributed by atoms with van der Waals surface area (Å²) in [6.45, 7) is 0. The molecule has 0 aromatic rings. The Morgan fingerprint density at radius 1 is 0.179 bits per heavy atom. The summed E-state index contributed by atoms with van der Waals surface area (Å²) in [5.41, 5.74) is 0.